The second kappa shape index (κ2) is 4.96. The van der Waals surface area contributed by atoms with Gasteiger partial charge in [0.2, 0.25) is 0 Å². The van der Waals surface area contributed by atoms with E-state index in [1.807, 2.05) is 41.9 Å². The lowest BCUT2D eigenvalue weighted by Gasteiger charge is -2.07. The van der Waals surface area contributed by atoms with E-state index in [9.17, 15) is 4.79 Å². The fourth-order valence-corrected chi connectivity index (χ4v) is 1.91. The van der Waals surface area contributed by atoms with E-state index in [1.165, 1.54) is 0 Å². The van der Waals surface area contributed by atoms with Crippen molar-refractivity contribution in [3.8, 4) is 11.3 Å². The van der Waals surface area contributed by atoms with E-state index in [1.54, 1.807) is 13.0 Å². The summed E-state index contributed by atoms with van der Waals surface area (Å²) in [6, 6.07) is 11.2. The van der Waals surface area contributed by atoms with Crippen LogP contribution in [0.3, 0.4) is 0 Å². The largest absolute Gasteiger partial charge is 0.461 e. The minimum absolute atomic E-state index is 0.310. The fraction of sp³-hybridized carbons (Fsp3) is 0.214. The Morgan fingerprint density at radius 1 is 1.33 bits per heavy atom. The molecular formula is C14H16N2O2. The number of nitrogen functional groups attached to an aromatic ring is 1. The number of nitrogens with two attached hydrogens (primary N) is 1. The number of benzene rings is 1. The van der Waals surface area contributed by atoms with Gasteiger partial charge in [-0.1, -0.05) is 12.1 Å². The van der Waals surface area contributed by atoms with E-state index in [-0.39, 0.29) is 5.97 Å². The molecule has 0 bridgehead atoms. The number of rotatable bonds is 3. The molecule has 2 aromatic rings. The molecular weight excluding hydrogens is 228 g/mol. The fourth-order valence-electron chi connectivity index (χ4n) is 1.91. The summed E-state index contributed by atoms with van der Waals surface area (Å²) < 4.78 is 6.81. The predicted octanol–water partition coefficient (Wildman–Crippen LogP) is 2.45. The van der Waals surface area contributed by atoms with Crippen LogP contribution in [-0.2, 0) is 11.8 Å². The molecule has 1 aromatic carbocycles. The number of hydrogen-bond donors (Lipinski definition) is 1. The van der Waals surface area contributed by atoms with Crippen molar-refractivity contribution >= 4 is 11.7 Å². The van der Waals surface area contributed by atoms with Crippen molar-refractivity contribution in [1.29, 1.82) is 0 Å². The van der Waals surface area contributed by atoms with Gasteiger partial charge in [0.15, 0.2) is 0 Å². The van der Waals surface area contributed by atoms with Gasteiger partial charge < -0.3 is 15.0 Å². The SMILES string of the molecule is CCOC(=O)c1ccc(-c2cccc(N)c2)n1C. The highest BCUT2D eigenvalue weighted by Crippen LogP contribution is 2.23. The summed E-state index contributed by atoms with van der Waals surface area (Å²) in [5.74, 6) is -0.310. The van der Waals surface area contributed by atoms with Crippen LogP contribution in [0, 0.1) is 0 Å². The Morgan fingerprint density at radius 3 is 2.78 bits per heavy atom. The number of carbonyl (C=O) groups is 1. The van der Waals surface area contributed by atoms with Gasteiger partial charge in [-0.3, -0.25) is 0 Å². The summed E-state index contributed by atoms with van der Waals surface area (Å²) in [5, 5.41) is 0. The maximum atomic E-state index is 11.7. The molecule has 0 aliphatic rings. The Bertz CT molecular complexity index is 573. The van der Waals surface area contributed by atoms with Crippen LogP contribution in [0.2, 0.25) is 0 Å². The number of esters is 1. The lowest BCUT2D eigenvalue weighted by molar-refractivity contribution is 0.0515. The second-order valence-electron chi connectivity index (χ2n) is 4.01. The molecule has 0 fully saturated rings. The normalized spacial score (nSPS) is 10.3. The third-order valence-corrected chi connectivity index (χ3v) is 2.79. The monoisotopic (exact) mass is 244 g/mol. The highest BCUT2D eigenvalue weighted by molar-refractivity contribution is 5.89. The topological polar surface area (TPSA) is 57.2 Å². The molecule has 0 saturated heterocycles. The van der Waals surface area contributed by atoms with Gasteiger partial charge in [0.1, 0.15) is 5.69 Å². The lowest BCUT2D eigenvalue weighted by Crippen LogP contribution is -2.10. The highest BCUT2D eigenvalue weighted by atomic mass is 16.5. The van der Waals surface area contributed by atoms with Gasteiger partial charge in [-0.25, -0.2) is 4.79 Å². The van der Waals surface area contributed by atoms with Crippen molar-refractivity contribution in [1.82, 2.24) is 4.57 Å². The Kier molecular flexibility index (Phi) is 3.37. The number of aromatic nitrogens is 1. The maximum absolute atomic E-state index is 11.7. The molecule has 0 amide bonds. The zero-order chi connectivity index (χ0) is 13.1. The van der Waals surface area contributed by atoms with Gasteiger partial charge in [-0.2, -0.15) is 0 Å². The van der Waals surface area contributed by atoms with Gasteiger partial charge in [0, 0.05) is 24.0 Å². The molecule has 0 aliphatic carbocycles. The summed E-state index contributed by atoms with van der Waals surface area (Å²) >= 11 is 0. The van der Waals surface area contributed by atoms with E-state index in [4.69, 9.17) is 10.5 Å². The highest BCUT2D eigenvalue weighted by Gasteiger charge is 2.14. The molecule has 94 valence electrons. The number of anilines is 1. The predicted molar refractivity (Wildman–Crippen MR) is 71.2 cm³/mol. The minimum atomic E-state index is -0.310. The zero-order valence-corrected chi connectivity index (χ0v) is 10.5. The zero-order valence-electron chi connectivity index (χ0n) is 10.5. The van der Waals surface area contributed by atoms with Crippen molar-refractivity contribution in [3.63, 3.8) is 0 Å². The number of nitrogens with zero attached hydrogens (tertiary/aromatic N) is 1. The third-order valence-electron chi connectivity index (χ3n) is 2.79. The van der Waals surface area contributed by atoms with Crippen LogP contribution in [-0.4, -0.2) is 17.1 Å². The summed E-state index contributed by atoms with van der Waals surface area (Å²) in [7, 11) is 1.84. The van der Waals surface area contributed by atoms with Gasteiger partial charge in [-0.15, -0.1) is 0 Å². The van der Waals surface area contributed by atoms with E-state index in [0.717, 1.165) is 11.3 Å². The Balaban J connectivity index is 2.39. The van der Waals surface area contributed by atoms with Crippen LogP contribution >= 0.6 is 0 Å². The first kappa shape index (κ1) is 12.2. The Labute approximate surface area is 106 Å². The van der Waals surface area contributed by atoms with Crippen LogP contribution in [0.5, 0.6) is 0 Å². The molecule has 0 spiro atoms. The molecule has 0 saturated carbocycles. The van der Waals surface area contributed by atoms with E-state index < -0.39 is 0 Å². The van der Waals surface area contributed by atoms with Crippen LogP contribution in [0.25, 0.3) is 11.3 Å². The van der Waals surface area contributed by atoms with Crippen LogP contribution < -0.4 is 5.73 Å². The quantitative estimate of drug-likeness (QED) is 0.666. The van der Waals surface area contributed by atoms with Gasteiger partial charge >= 0.3 is 5.97 Å². The van der Waals surface area contributed by atoms with Crippen LogP contribution in [0.4, 0.5) is 5.69 Å². The molecule has 2 rings (SSSR count). The standard InChI is InChI=1S/C14H16N2O2/c1-3-18-14(17)13-8-7-12(16(13)2)10-5-4-6-11(15)9-10/h4-9H,3,15H2,1-2H3. The van der Waals surface area contributed by atoms with Crippen LogP contribution in [0.1, 0.15) is 17.4 Å². The molecule has 1 aromatic heterocycles. The van der Waals surface area contributed by atoms with Crippen molar-refractivity contribution in [2.24, 2.45) is 7.05 Å². The minimum Gasteiger partial charge on any atom is -0.461 e. The van der Waals surface area contributed by atoms with Crippen molar-refractivity contribution in [2.45, 2.75) is 6.92 Å². The molecule has 18 heavy (non-hydrogen) atoms. The number of ether oxygens (including phenoxy) is 1. The lowest BCUT2D eigenvalue weighted by atomic mass is 10.1. The first-order chi connectivity index (χ1) is 8.63. The Morgan fingerprint density at radius 2 is 2.11 bits per heavy atom. The van der Waals surface area contributed by atoms with Gasteiger partial charge in [-0.05, 0) is 31.2 Å². The summed E-state index contributed by atoms with van der Waals surface area (Å²) in [6.45, 7) is 2.16. The molecule has 0 atom stereocenters. The average molecular weight is 244 g/mol. The van der Waals surface area contributed by atoms with E-state index in [0.29, 0.717) is 18.0 Å². The second-order valence-corrected chi connectivity index (χ2v) is 4.01. The molecule has 0 unspecified atom stereocenters. The molecule has 0 radical (unpaired) electrons. The van der Waals surface area contributed by atoms with Crippen LogP contribution in [0.15, 0.2) is 36.4 Å². The van der Waals surface area contributed by atoms with Crippen molar-refractivity contribution < 1.29 is 9.53 Å². The smallest absolute Gasteiger partial charge is 0.354 e. The molecule has 4 nitrogen and oxygen atoms in total. The first-order valence-electron chi connectivity index (χ1n) is 5.82. The molecule has 4 heteroatoms. The van der Waals surface area contributed by atoms with E-state index in [2.05, 4.69) is 0 Å². The summed E-state index contributed by atoms with van der Waals surface area (Å²) in [6.07, 6.45) is 0. The molecule has 2 N–H and O–H groups in total. The first-order valence-corrected chi connectivity index (χ1v) is 5.82. The third kappa shape index (κ3) is 2.22. The number of carbonyl (C=O) groups excluding carboxylic acids is 1. The molecule has 0 aliphatic heterocycles. The number of hydrogen-bond acceptors (Lipinski definition) is 3. The van der Waals surface area contributed by atoms with Crippen molar-refractivity contribution in [2.75, 3.05) is 12.3 Å². The Hall–Kier alpha value is -2.23. The average Bonchev–Trinajstić information content (AvgIpc) is 2.71. The van der Waals surface area contributed by atoms with Gasteiger partial charge in [0.05, 0.1) is 6.61 Å². The van der Waals surface area contributed by atoms with Gasteiger partial charge in [0.25, 0.3) is 0 Å². The van der Waals surface area contributed by atoms with Crippen molar-refractivity contribution in [3.05, 3.63) is 42.1 Å². The maximum Gasteiger partial charge on any atom is 0.354 e. The summed E-state index contributed by atoms with van der Waals surface area (Å²) in [5.41, 5.74) is 8.91. The van der Waals surface area contributed by atoms with E-state index >= 15 is 0 Å². The summed E-state index contributed by atoms with van der Waals surface area (Å²) in [4.78, 5) is 11.7. The molecule has 1 heterocycles.